The third-order valence-corrected chi connectivity index (χ3v) is 3.40. The second-order valence-electron chi connectivity index (χ2n) is 4.60. The lowest BCUT2D eigenvalue weighted by Crippen LogP contribution is -2.50. The van der Waals surface area contributed by atoms with Gasteiger partial charge in [-0.2, -0.15) is 0 Å². The van der Waals surface area contributed by atoms with Crippen LogP contribution in [0.1, 0.15) is 16.8 Å². The Hall–Kier alpha value is -2.15. The Kier molecular flexibility index (Phi) is 3.89. The molecule has 0 aliphatic carbocycles. The fourth-order valence-corrected chi connectivity index (χ4v) is 2.33. The Morgan fingerprint density at radius 1 is 1.45 bits per heavy atom. The molecule has 1 aliphatic rings. The minimum absolute atomic E-state index is 0.0325. The number of carbonyl (C=O) groups is 2. The Labute approximate surface area is 118 Å². The number of hydrogen-bond acceptors (Lipinski definition) is 4. The van der Waals surface area contributed by atoms with Gasteiger partial charge in [0.05, 0.1) is 11.3 Å². The van der Waals surface area contributed by atoms with Gasteiger partial charge in [-0.25, -0.2) is 0 Å². The predicted octanol–water partition coefficient (Wildman–Crippen LogP) is 1.79. The number of rotatable bonds is 4. The third-order valence-electron chi connectivity index (χ3n) is 3.10. The summed E-state index contributed by atoms with van der Waals surface area (Å²) in [6.45, 7) is 0.749. The third kappa shape index (κ3) is 2.88. The molecule has 2 rings (SSSR count). The number of amides is 1. The summed E-state index contributed by atoms with van der Waals surface area (Å²) in [6, 6.07) is 3.79. The molecule has 1 aliphatic heterocycles. The van der Waals surface area contributed by atoms with Gasteiger partial charge < -0.3 is 10.0 Å². The number of likely N-dealkylation sites (tertiary alicyclic amines) is 1. The van der Waals surface area contributed by atoms with Crippen molar-refractivity contribution in [3.63, 3.8) is 0 Å². The fraction of sp³-hybridized carbons (Fsp3) is 0.333. The van der Waals surface area contributed by atoms with Gasteiger partial charge in [-0.1, -0.05) is 11.6 Å². The molecule has 1 aromatic rings. The van der Waals surface area contributed by atoms with Crippen molar-refractivity contribution in [2.24, 2.45) is 5.92 Å². The van der Waals surface area contributed by atoms with Gasteiger partial charge in [0.25, 0.3) is 11.6 Å². The average Bonchev–Trinajstić information content (AvgIpc) is 2.31. The van der Waals surface area contributed by atoms with Crippen molar-refractivity contribution in [3.05, 3.63) is 38.9 Å². The second-order valence-corrected chi connectivity index (χ2v) is 5.00. The van der Waals surface area contributed by atoms with Gasteiger partial charge in [-0.3, -0.25) is 19.7 Å². The first-order chi connectivity index (χ1) is 9.38. The van der Waals surface area contributed by atoms with E-state index in [1.807, 2.05) is 0 Å². The maximum atomic E-state index is 12.0. The minimum atomic E-state index is -0.888. The van der Waals surface area contributed by atoms with E-state index in [0.29, 0.717) is 13.1 Å². The first kappa shape index (κ1) is 14.3. The van der Waals surface area contributed by atoms with Crippen LogP contribution in [-0.2, 0) is 4.79 Å². The summed E-state index contributed by atoms with van der Waals surface area (Å²) in [5.74, 6) is -1.23. The molecule has 1 N–H and O–H groups in total. The highest BCUT2D eigenvalue weighted by atomic mass is 35.5. The van der Waals surface area contributed by atoms with Crippen molar-refractivity contribution in [1.82, 2.24) is 4.90 Å². The van der Waals surface area contributed by atoms with Crippen LogP contribution in [0.3, 0.4) is 0 Å². The highest BCUT2D eigenvalue weighted by Gasteiger charge is 2.32. The monoisotopic (exact) mass is 298 g/mol. The minimum Gasteiger partial charge on any atom is -0.481 e. The SMILES string of the molecule is O=C(O)CC1CN(C(=O)c2ccc([N+](=O)[O-])c(Cl)c2)C1. The molecule has 0 atom stereocenters. The molecule has 8 heteroatoms. The van der Waals surface area contributed by atoms with Gasteiger partial charge >= 0.3 is 5.97 Å². The number of carbonyl (C=O) groups excluding carboxylic acids is 1. The van der Waals surface area contributed by atoms with Crippen LogP contribution in [0.5, 0.6) is 0 Å². The van der Waals surface area contributed by atoms with Crippen LogP contribution in [0.4, 0.5) is 5.69 Å². The topological polar surface area (TPSA) is 101 Å². The highest BCUT2D eigenvalue weighted by Crippen LogP contribution is 2.27. The Balaban J connectivity index is 2.03. The number of carboxylic acid groups (broad SMARTS) is 1. The molecule has 0 aromatic heterocycles. The number of hydrogen-bond donors (Lipinski definition) is 1. The molecule has 106 valence electrons. The van der Waals surface area contributed by atoms with E-state index in [1.165, 1.54) is 23.1 Å². The van der Waals surface area contributed by atoms with Gasteiger partial charge in [-0.05, 0) is 12.1 Å². The van der Waals surface area contributed by atoms with E-state index in [2.05, 4.69) is 0 Å². The molecule has 0 unspecified atom stereocenters. The van der Waals surface area contributed by atoms with Crippen molar-refractivity contribution < 1.29 is 19.6 Å². The van der Waals surface area contributed by atoms with Gasteiger partial charge in [0.1, 0.15) is 5.02 Å². The quantitative estimate of drug-likeness (QED) is 0.674. The van der Waals surface area contributed by atoms with Crippen molar-refractivity contribution >= 4 is 29.2 Å². The van der Waals surface area contributed by atoms with Crippen LogP contribution < -0.4 is 0 Å². The van der Waals surface area contributed by atoms with Crippen molar-refractivity contribution in [3.8, 4) is 0 Å². The number of nitro benzene ring substituents is 1. The molecule has 1 fully saturated rings. The molecule has 1 aromatic carbocycles. The summed E-state index contributed by atoms with van der Waals surface area (Å²) >= 11 is 5.74. The zero-order valence-corrected chi connectivity index (χ0v) is 11.0. The van der Waals surface area contributed by atoms with E-state index in [4.69, 9.17) is 16.7 Å². The number of carboxylic acids is 1. The normalized spacial score (nSPS) is 14.8. The number of aliphatic carboxylic acids is 1. The summed E-state index contributed by atoms with van der Waals surface area (Å²) in [6.07, 6.45) is 0.0325. The van der Waals surface area contributed by atoms with E-state index in [9.17, 15) is 19.7 Å². The molecule has 0 spiro atoms. The average molecular weight is 299 g/mol. The highest BCUT2D eigenvalue weighted by molar-refractivity contribution is 6.33. The van der Waals surface area contributed by atoms with Crippen LogP contribution in [-0.4, -0.2) is 39.9 Å². The standard InChI is InChI=1S/C12H11ClN2O5/c13-9-4-8(1-2-10(9)15(19)20)12(18)14-5-7(6-14)3-11(16)17/h1-2,4,7H,3,5-6H2,(H,16,17). The number of benzene rings is 1. The summed E-state index contributed by atoms with van der Waals surface area (Å²) in [4.78, 5) is 34.0. The van der Waals surface area contributed by atoms with Crippen molar-refractivity contribution in [2.75, 3.05) is 13.1 Å². The second kappa shape index (κ2) is 5.46. The molecule has 0 saturated carbocycles. The van der Waals surface area contributed by atoms with E-state index in [1.54, 1.807) is 0 Å². The summed E-state index contributed by atoms with van der Waals surface area (Å²) in [5, 5.41) is 19.2. The lowest BCUT2D eigenvalue weighted by Gasteiger charge is -2.38. The van der Waals surface area contributed by atoms with Gasteiger partial charge in [0.2, 0.25) is 0 Å². The molecule has 20 heavy (non-hydrogen) atoms. The molecule has 0 radical (unpaired) electrons. The van der Waals surface area contributed by atoms with Crippen LogP contribution in [0.2, 0.25) is 5.02 Å². The Bertz CT molecular complexity index is 583. The molecule has 0 bridgehead atoms. The molecule has 1 saturated heterocycles. The lowest BCUT2D eigenvalue weighted by atomic mass is 9.95. The van der Waals surface area contributed by atoms with Crippen LogP contribution in [0, 0.1) is 16.0 Å². The van der Waals surface area contributed by atoms with Gasteiger partial charge in [-0.15, -0.1) is 0 Å². The smallest absolute Gasteiger partial charge is 0.303 e. The fourth-order valence-electron chi connectivity index (χ4n) is 2.08. The number of halogens is 1. The van der Waals surface area contributed by atoms with E-state index < -0.39 is 10.9 Å². The van der Waals surface area contributed by atoms with Crippen LogP contribution in [0.15, 0.2) is 18.2 Å². The predicted molar refractivity (Wildman–Crippen MR) is 69.8 cm³/mol. The largest absolute Gasteiger partial charge is 0.481 e. The maximum Gasteiger partial charge on any atom is 0.303 e. The van der Waals surface area contributed by atoms with E-state index >= 15 is 0 Å². The van der Waals surface area contributed by atoms with Crippen LogP contribution in [0.25, 0.3) is 0 Å². The molecular weight excluding hydrogens is 288 g/mol. The maximum absolute atomic E-state index is 12.0. The molecule has 1 amide bonds. The van der Waals surface area contributed by atoms with E-state index in [-0.39, 0.29) is 34.5 Å². The van der Waals surface area contributed by atoms with Gasteiger partial charge in [0.15, 0.2) is 0 Å². The first-order valence-corrected chi connectivity index (χ1v) is 6.21. The molecular formula is C12H11ClN2O5. The zero-order valence-electron chi connectivity index (χ0n) is 10.3. The summed E-state index contributed by atoms with van der Waals surface area (Å²) < 4.78 is 0. The molecule has 7 nitrogen and oxygen atoms in total. The van der Waals surface area contributed by atoms with E-state index in [0.717, 1.165) is 0 Å². The number of nitro groups is 1. The Morgan fingerprint density at radius 3 is 2.60 bits per heavy atom. The summed E-state index contributed by atoms with van der Waals surface area (Å²) in [7, 11) is 0. The van der Waals surface area contributed by atoms with Gasteiger partial charge in [0, 0.05) is 30.6 Å². The van der Waals surface area contributed by atoms with Crippen molar-refractivity contribution in [1.29, 1.82) is 0 Å². The summed E-state index contributed by atoms with van der Waals surface area (Å²) in [5.41, 5.74) is 0.00459. The molecule has 1 heterocycles. The Morgan fingerprint density at radius 2 is 2.10 bits per heavy atom. The lowest BCUT2D eigenvalue weighted by molar-refractivity contribution is -0.384. The number of nitrogens with zero attached hydrogens (tertiary/aromatic N) is 2. The zero-order chi connectivity index (χ0) is 14.9. The van der Waals surface area contributed by atoms with Crippen LogP contribution >= 0.6 is 11.6 Å². The van der Waals surface area contributed by atoms with Crippen molar-refractivity contribution in [2.45, 2.75) is 6.42 Å². The first-order valence-electron chi connectivity index (χ1n) is 5.83.